The van der Waals surface area contributed by atoms with E-state index in [-0.39, 0.29) is 0 Å². The molecular formula is C20H26N4O3S. The average molecular weight is 403 g/mol. The Bertz CT molecular complexity index is 1010. The molecule has 1 unspecified atom stereocenters. The molecule has 1 saturated heterocycles. The number of nitriles is 1. The van der Waals surface area contributed by atoms with Crippen LogP contribution in [0, 0.1) is 22.0 Å². The number of hydrogen-bond donors (Lipinski definition) is 1. The molecule has 0 radical (unpaired) electrons. The van der Waals surface area contributed by atoms with Crippen molar-refractivity contribution in [2.75, 3.05) is 44.2 Å². The second-order valence-corrected chi connectivity index (χ2v) is 9.70. The first kappa shape index (κ1) is 20.2. The molecule has 1 fully saturated rings. The molecule has 28 heavy (non-hydrogen) atoms. The van der Waals surface area contributed by atoms with Gasteiger partial charge in [0, 0.05) is 52.5 Å². The third kappa shape index (κ3) is 4.30. The van der Waals surface area contributed by atoms with E-state index in [4.69, 9.17) is 14.3 Å². The highest BCUT2D eigenvalue weighted by Gasteiger charge is 2.24. The molecule has 0 aliphatic carbocycles. The van der Waals surface area contributed by atoms with Crippen molar-refractivity contribution in [3.8, 4) is 17.6 Å². The van der Waals surface area contributed by atoms with Crippen molar-refractivity contribution in [2.24, 2.45) is 5.92 Å². The van der Waals surface area contributed by atoms with Crippen LogP contribution in [0.2, 0.25) is 0 Å². The quantitative estimate of drug-likeness (QED) is 0.795. The number of methoxy groups -OCH3 is 2. The zero-order valence-electron chi connectivity index (χ0n) is 16.5. The fraction of sp³-hybridized carbons (Fsp3) is 0.500. The van der Waals surface area contributed by atoms with E-state index in [1.54, 1.807) is 20.4 Å². The molecule has 1 aromatic carbocycles. The lowest BCUT2D eigenvalue weighted by Crippen LogP contribution is -2.34. The summed E-state index contributed by atoms with van der Waals surface area (Å²) in [4.78, 5) is 6.66. The van der Waals surface area contributed by atoms with Gasteiger partial charge in [-0.2, -0.15) is 5.26 Å². The van der Waals surface area contributed by atoms with Gasteiger partial charge in [-0.25, -0.2) is 0 Å². The minimum atomic E-state index is -2.43. The summed E-state index contributed by atoms with van der Waals surface area (Å²) < 4.78 is 30.1. The largest absolute Gasteiger partial charge is 0.493 e. The molecular weight excluding hydrogens is 376 g/mol. The fourth-order valence-electron chi connectivity index (χ4n) is 3.76. The summed E-state index contributed by atoms with van der Waals surface area (Å²) in [5, 5.41) is 10.5. The number of nitrogens with zero attached hydrogens (tertiary/aromatic N) is 3. The standard InChI is InChI=1S/C20H26N4O3S/c1-26-18-10-16-17(11-19(18)27-2)23-13-15(12-21)20(16)24-7-4-14(5-8-24)6-9-28(3,22)25/h10-11,13-14,22H,4-9H2,1-3H3. The van der Waals surface area contributed by atoms with Gasteiger partial charge in [0.15, 0.2) is 11.5 Å². The summed E-state index contributed by atoms with van der Waals surface area (Å²) in [6, 6.07) is 5.98. The molecule has 8 heteroatoms. The monoisotopic (exact) mass is 402 g/mol. The number of pyridine rings is 1. The lowest BCUT2D eigenvalue weighted by Gasteiger charge is -2.34. The van der Waals surface area contributed by atoms with Crippen molar-refractivity contribution in [3.05, 3.63) is 23.9 Å². The van der Waals surface area contributed by atoms with Crippen LogP contribution in [0.3, 0.4) is 0 Å². The van der Waals surface area contributed by atoms with Crippen molar-refractivity contribution in [1.82, 2.24) is 4.98 Å². The summed E-state index contributed by atoms with van der Waals surface area (Å²) in [5.74, 6) is 2.14. The molecule has 0 saturated carbocycles. The van der Waals surface area contributed by atoms with Crippen LogP contribution in [0.5, 0.6) is 11.5 Å². The molecule has 1 aliphatic rings. The summed E-state index contributed by atoms with van der Waals surface area (Å²) >= 11 is 0. The van der Waals surface area contributed by atoms with Gasteiger partial charge in [-0.1, -0.05) is 0 Å². The number of ether oxygens (including phenoxy) is 2. The first-order valence-electron chi connectivity index (χ1n) is 9.27. The number of benzene rings is 1. The molecule has 0 bridgehead atoms. The minimum Gasteiger partial charge on any atom is -0.493 e. The molecule has 3 rings (SSSR count). The van der Waals surface area contributed by atoms with Crippen LogP contribution in [-0.2, 0) is 9.73 Å². The van der Waals surface area contributed by atoms with E-state index in [1.807, 2.05) is 12.1 Å². The summed E-state index contributed by atoms with van der Waals surface area (Å²) in [7, 11) is 0.746. The van der Waals surface area contributed by atoms with Crippen molar-refractivity contribution in [1.29, 1.82) is 10.0 Å². The lowest BCUT2D eigenvalue weighted by atomic mass is 9.93. The minimum absolute atomic E-state index is 0.455. The highest BCUT2D eigenvalue weighted by molar-refractivity contribution is 7.91. The van der Waals surface area contributed by atoms with Crippen LogP contribution in [0.4, 0.5) is 5.69 Å². The molecule has 1 N–H and O–H groups in total. The van der Waals surface area contributed by atoms with Gasteiger partial charge in [-0.15, -0.1) is 0 Å². The number of rotatable bonds is 6. The smallest absolute Gasteiger partial charge is 0.162 e. The number of aromatic nitrogens is 1. The number of anilines is 1. The zero-order chi connectivity index (χ0) is 20.3. The van der Waals surface area contributed by atoms with Crippen LogP contribution in [0.15, 0.2) is 18.3 Å². The van der Waals surface area contributed by atoms with Gasteiger partial charge in [-0.3, -0.25) is 14.0 Å². The molecule has 2 aromatic rings. The first-order valence-corrected chi connectivity index (χ1v) is 11.4. The Labute approximate surface area is 166 Å². The molecule has 7 nitrogen and oxygen atoms in total. The maximum absolute atomic E-state index is 11.6. The fourth-order valence-corrected chi connectivity index (χ4v) is 4.55. The molecule has 0 spiro atoms. The Balaban J connectivity index is 1.91. The van der Waals surface area contributed by atoms with E-state index in [1.165, 1.54) is 6.26 Å². The molecule has 1 aliphatic heterocycles. The normalized spacial score (nSPS) is 17.1. The number of hydrogen-bond acceptors (Lipinski definition) is 7. The summed E-state index contributed by atoms with van der Waals surface area (Å²) in [5.41, 5.74) is 2.18. The van der Waals surface area contributed by atoms with Crippen molar-refractivity contribution in [2.45, 2.75) is 19.3 Å². The van der Waals surface area contributed by atoms with E-state index < -0.39 is 9.73 Å². The van der Waals surface area contributed by atoms with Gasteiger partial charge in [0.1, 0.15) is 6.07 Å². The Morgan fingerprint density at radius 3 is 2.50 bits per heavy atom. The van der Waals surface area contributed by atoms with Crippen LogP contribution >= 0.6 is 0 Å². The Kier molecular flexibility index (Phi) is 5.94. The highest BCUT2D eigenvalue weighted by atomic mass is 32.2. The van der Waals surface area contributed by atoms with Gasteiger partial charge in [0.2, 0.25) is 0 Å². The molecule has 0 amide bonds. The number of fused-ring (bicyclic) bond motifs is 1. The Morgan fingerprint density at radius 1 is 1.29 bits per heavy atom. The topological polar surface area (TPSA) is 99.3 Å². The van der Waals surface area contributed by atoms with E-state index in [0.29, 0.717) is 28.7 Å². The number of nitrogens with one attached hydrogen (secondary N) is 1. The van der Waals surface area contributed by atoms with E-state index >= 15 is 0 Å². The predicted molar refractivity (Wildman–Crippen MR) is 111 cm³/mol. The summed E-state index contributed by atoms with van der Waals surface area (Å²) in [6.07, 6.45) is 5.85. The lowest BCUT2D eigenvalue weighted by molar-refractivity contribution is 0.355. The van der Waals surface area contributed by atoms with Crippen LogP contribution in [-0.4, -0.2) is 48.5 Å². The van der Waals surface area contributed by atoms with Crippen LogP contribution in [0.25, 0.3) is 10.9 Å². The van der Waals surface area contributed by atoms with Crippen molar-refractivity contribution >= 4 is 26.3 Å². The second kappa shape index (κ2) is 8.23. The van der Waals surface area contributed by atoms with Gasteiger partial charge < -0.3 is 14.4 Å². The first-order chi connectivity index (χ1) is 13.4. The van der Waals surface area contributed by atoms with Gasteiger partial charge in [0.25, 0.3) is 0 Å². The van der Waals surface area contributed by atoms with Crippen LogP contribution in [0.1, 0.15) is 24.8 Å². The third-order valence-electron chi connectivity index (χ3n) is 5.31. The van der Waals surface area contributed by atoms with E-state index in [9.17, 15) is 9.47 Å². The van der Waals surface area contributed by atoms with Crippen molar-refractivity contribution in [3.63, 3.8) is 0 Å². The van der Waals surface area contributed by atoms with Gasteiger partial charge in [0.05, 0.1) is 31.0 Å². The van der Waals surface area contributed by atoms with Gasteiger partial charge >= 0.3 is 0 Å². The SMILES string of the molecule is COc1cc2ncc(C#N)c(N3CCC(CCS(C)(=N)=O)CC3)c2cc1OC. The number of piperidine rings is 1. The Morgan fingerprint density at radius 2 is 1.93 bits per heavy atom. The Hall–Kier alpha value is -2.53. The maximum Gasteiger partial charge on any atom is 0.162 e. The van der Waals surface area contributed by atoms with E-state index in [2.05, 4.69) is 16.0 Å². The average Bonchev–Trinajstić information content (AvgIpc) is 2.70. The molecule has 2 heterocycles. The molecule has 1 atom stereocenters. The maximum atomic E-state index is 11.6. The molecule has 1 aromatic heterocycles. The van der Waals surface area contributed by atoms with Gasteiger partial charge in [-0.05, 0) is 31.2 Å². The zero-order valence-corrected chi connectivity index (χ0v) is 17.3. The van der Waals surface area contributed by atoms with E-state index in [0.717, 1.165) is 48.9 Å². The predicted octanol–water partition coefficient (Wildman–Crippen LogP) is 3.41. The summed E-state index contributed by atoms with van der Waals surface area (Å²) in [6.45, 7) is 1.63. The highest BCUT2D eigenvalue weighted by Crippen LogP contribution is 2.38. The van der Waals surface area contributed by atoms with Crippen LogP contribution < -0.4 is 14.4 Å². The molecule has 150 valence electrons. The third-order valence-corrected chi connectivity index (χ3v) is 6.33. The van der Waals surface area contributed by atoms with Crippen molar-refractivity contribution < 1.29 is 13.7 Å². The second-order valence-electron chi connectivity index (χ2n) is 7.28.